The van der Waals surface area contributed by atoms with E-state index in [0.717, 1.165) is 17.0 Å². The lowest BCUT2D eigenvalue weighted by atomic mass is 9.98. The first-order valence-corrected chi connectivity index (χ1v) is 13.7. The second-order valence-electron chi connectivity index (χ2n) is 10.5. The molecule has 1 heterocycles. The van der Waals surface area contributed by atoms with Crippen molar-refractivity contribution < 1.29 is 46.5 Å². The SMILES string of the molecule is Cc1c(O)cccc1C(=O)N[C@@H](Cc1ccccc1)[C@H](O)C(=O)N1CC[C@@H](F)C1C(=O)NCc1ccc(F)cc1C(F)(F)F. The molecule has 0 spiro atoms. The summed E-state index contributed by atoms with van der Waals surface area (Å²) in [7, 11) is 0. The Kier molecular flexibility index (Phi) is 9.88. The van der Waals surface area contributed by atoms with Gasteiger partial charge in [0.1, 0.15) is 23.8 Å². The molecule has 3 amide bonds. The number of aromatic hydroxyl groups is 1. The van der Waals surface area contributed by atoms with E-state index in [4.69, 9.17) is 0 Å². The molecule has 0 aromatic heterocycles. The van der Waals surface area contributed by atoms with Crippen LogP contribution in [0.4, 0.5) is 22.0 Å². The van der Waals surface area contributed by atoms with Gasteiger partial charge in [0.15, 0.2) is 6.10 Å². The van der Waals surface area contributed by atoms with E-state index < -0.39 is 71.7 Å². The zero-order valence-corrected chi connectivity index (χ0v) is 23.4. The topological polar surface area (TPSA) is 119 Å². The van der Waals surface area contributed by atoms with Gasteiger partial charge in [0, 0.05) is 24.2 Å². The predicted octanol–water partition coefficient (Wildman–Crippen LogP) is 3.82. The quantitative estimate of drug-likeness (QED) is 0.272. The number of hydrogen-bond acceptors (Lipinski definition) is 5. The number of nitrogens with zero attached hydrogens (tertiary/aromatic N) is 1. The summed E-state index contributed by atoms with van der Waals surface area (Å²) < 4.78 is 68.6. The van der Waals surface area contributed by atoms with Gasteiger partial charge in [-0.15, -0.1) is 0 Å². The van der Waals surface area contributed by atoms with Crippen LogP contribution in [0.15, 0.2) is 66.7 Å². The van der Waals surface area contributed by atoms with E-state index in [1.165, 1.54) is 25.1 Å². The van der Waals surface area contributed by atoms with Crippen molar-refractivity contribution in [2.75, 3.05) is 6.54 Å². The standard InChI is InChI=1S/C31H30F5N3O5/c1-17-21(8-5-9-25(17)40)28(42)38-24(14-18-6-3-2-4-7-18)27(41)30(44)39-13-12-23(33)26(39)29(43)37-16-19-10-11-20(32)15-22(19)31(34,35)36/h2-11,15,23-24,26-27,40-41H,12-14,16H2,1H3,(H,37,43)(H,38,42)/t23-,24+,26?,27+/m1/s1. The summed E-state index contributed by atoms with van der Waals surface area (Å²) in [5, 5.41) is 26.0. The van der Waals surface area contributed by atoms with E-state index >= 15 is 0 Å². The molecule has 0 bridgehead atoms. The summed E-state index contributed by atoms with van der Waals surface area (Å²) in [6.07, 6.45) is -9.07. The Labute approximate surface area is 249 Å². The molecule has 0 saturated carbocycles. The first-order valence-electron chi connectivity index (χ1n) is 13.7. The molecule has 1 saturated heterocycles. The zero-order chi connectivity index (χ0) is 32.2. The highest BCUT2D eigenvalue weighted by Crippen LogP contribution is 2.33. The molecule has 1 aliphatic heterocycles. The molecule has 13 heteroatoms. The molecule has 234 valence electrons. The zero-order valence-electron chi connectivity index (χ0n) is 23.4. The monoisotopic (exact) mass is 619 g/mol. The van der Waals surface area contributed by atoms with Gasteiger partial charge in [-0.3, -0.25) is 14.4 Å². The van der Waals surface area contributed by atoms with Crippen molar-refractivity contribution >= 4 is 17.7 Å². The van der Waals surface area contributed by atoms with Gasteiger partial charge in [0.05, 0.1) is 11.6 Å². The molecule has 4 atom stereocenters. The van der Waals surface area contributed by atoms with Crippen LogP contribution >= 0.6 is 0 Å². The molecule has 4 rings (SSSR count). The number of amides is 3. The van der Waals surface area contributed by atoms with Crippen molar-refractivity contribution in [3.05, 3.63) is 100 Å². The van der Waals surface area contributed by atoms with Crippen molar-refractivity contribution in [2.24, 2.45) is 0 Å². The molecule has 1 aliphatic rings. The highest BCUT2D eigenvalue weighted by Gasteiger charge is 2.45. The van der Waals surface area contributed by atoms with Gasteiger partial charge in [-0.05, 0) is 55.2 Å². The van der Waals surface area contributed by atoms with Gasteiger partial charge in [0.2, 0.25) is 5.91 Å². The maximum atomic E-state index is 15.0. The molecule has 1 fully saturated rings. The Bertz CT molecular complexity index is 1520. The number of aliphatic hydroxyl groups is 1. The molecule has 3 aromatic carbocycles. The molecule has 4 N–H and O–H groups in total. The Morgan fingerprint density at radius 2 is 1.75 bits per heavy atom. The number of carbonyl (C=O) groups excluding carboxylic acids is 3. The van der Waals surface area contributed by atoms with Crippen LogP contribution < -0.4 is 10.6 Å². The normalized spacial score (nSPS) is 18.0. The van der Waals surface area contributed by atoms with E-state index in [9.17, 15) is 46.5 Å². The number of nitrogens with one attached hydrogen (secondary N) is 2. The number of phenolic OH excluding ortho intramolecular Hbond substituents is 1. The first kappa shape index (κ1) is 32.4. The van der Waals surface area contributed by atoms with Gasteiger partial charge in [-0.1, -0.05) is 42.5 Å². The number of halogens is 5. The molecule has 0 radical (unpaired) electrons. The second kappa shape index (κ2) is 13.4. The molecule has 8 nitrogen and oxygen atoms in total. The number of alkyl halides is 4. The molecule has 3 aromatic rings. The minimum atomic E-state index is -4.92. The van der Waals surface area contributed by atoms with Crippen molar-refractivity contribution in [3.8, 4) is 5.75 Å². The Morgan fingerprint density at radius 1 is 1.05 bits per heavy atom. The van der Waals surface area contributed by atoms with E-state index in [2.05, 4.69) is 10.6 Å². The summed E-state index contributed by atoms with van der Waals surface area (Å²) in [5.74, 6) is -4.15. The van der Waals surface area contributed by atoms with Gasteiger partial charge in [-0.25, -0.2) is 8.78 Å². The largest absolute Gasteiger partial charge is 0.508 e. The lowest BCUT2D eigenvalue weighted by Gasteiger charge is -2.31. The third-order valence-corrected chi connectivity index (χ3v) is 7.51. The number of hydrogen-bond donors (Lipinski definition) is 4. The van der Waals surface area contributed by atoms with Crippen LogP contribution in [0.25, 0.3) is 0 Å². The minimum Gasteiger partial charge on any atom is -0.508 e. The summed E-state index contributed by atoms with van der Waals surface area (Å²) in [6.45, 7) is 0.505. The molecule has 1 unspecified atom stereocenters. The van der Waals surface area contributed by atoms with Crippen molar-refractivity contribution in [3.63, 3.8) is 0 Å². The molecule has 44 heavy (non-hydrogen) atoms. The van der Waals surface area contributed by atoms with Crippen LogP contribution in [0.3, 0.4) is 0 Å². The van der Waals surface area contributed by atoms with Crippen LogP contribution in [0.1, 0.15) is 39.0 Å². The lowest BCUT2D eigenvalue weighted by Crippen LogP contribution is -2.57. The summed E-state index contributed by atoms with van der Waals surface area (Å²) in [5.41, 5.74) is -0.798. The van der Waals surface area contributed by atoms with Crippen LogP contribution in [0.5, 0.6) is 5.75 Å². The second-order valence-corrected chi connectivity index (χ2v) is 10.5. The highest BCUT2D eigenvalue weighted by molar-refractivity contribution is 5.97. The number of aliphatic hydroxyl groups excluding tert-OH is 1. The van der Waals surface area contributed by atoms with Gasteiger partial charge in [-0.2, -0.15) is 13.2 Å². The fourth-order valence-corrected chi connectivity index (χ4v) is 5.13. The van der Waals surface area contributed by atoms with Gasteiger partial charge in [0.25, 0.3) is 11.8 Å². The van der Waals surface area contributed by atoms with E-state index in [-0.39, 0.29) is 42.3 Å². The Morgan fingerprint density at radius 3 is 2.43 bits per heavy atom. The number of carbonyl (C=O) groups is 3. The third kappa shape index (κ3) is 7.33. The predicted molar refractivity (Wildman–Crippen MR) is 149 cm³/mol. The average molecular weight is 620 g/mol. The first-order chi connectivity index (χ1) is 20.8. The van der Waals surface area contributed by atoms with Crippen molar-refractivity contribution in [1.29, 1.82) is 0 Å². The fourth-order valence-electron chi connectivity index (χ4n) is 5.13. The summed E-state index contributed by atoms with van der Waals surface area (Å²) >= 11 is 0. The summed E-state index contributed by atoms with van der Waals surface area (Å²) in [4.78, 5) is 40.5. The fraction of sp³-hybridized carbons (Fsp3) is 0.323. The molecular weight excluding hydrogens is 589 g/mol. The van der Waals surface area contributed by atoms with Crippen molar-refractivity contribution in [2.45, 2.75) is 56.8 Å². The van der Waals surface area contributed by atoms with Gasteiger partial charge < -0.3 is 25.7 Å². The van der Waals surface area contributed by atoms with Crippen molar-refractivity contribution in [1.82, 2.24) is 15.5 Å². The number of rotatable bonds is 9. The summed E-state index contributed by atoms with van der Waals surface area (Å²) in [6, 6.07) is 11.7. The Hall–Kier alpha value is -4.52. The van der Waals surface area contributed by atoms with Crippen LogP contribution in [-0.2, 0) is 28.7 Å². The third-order valence-electron chi connectivity index (χ3n) is 7.51. The van der Waals surface area contributed by atoms with Gasteiger partial charge >= 0.3 is 6.18 Å². The lowest BCUT2D eigenvalue weighted by molar-refractivity contribution is -0.147. The molecule has 0 aliphatic carbocycles. The van der Waals surface area contributed by atoms with E-state index in [0.29, 0.717) is 5.56 Å². The molecular formula is C31H30F5N3O5. The van der Waals surface area contributed by atoms with Crippen LogP contribution in [0.2, 0.25) is 0 Å². The van der Waals surface area contributed by atoms with E-state index in [1.54, 1.807) is 30.3 Å². The maximum Gasteiger partial charge on any atom is 0.416 e. The number of phenols is 1. The van der Waals surface area contributed by atoms with E-state index in [1.807, 2.05) is 0 Å². The highest BCUT2D eigenvalue weighted by atomic mass is 19.4. The smallest absolute Gasteiger partial charge is 0.416 e. The number of benzene rings is 3. The van der Waals surface area contributed by atoms with Crippen LogP contribution in [0, 0.1) is 12.7 Å². The van der Waals surface area contributed by atoms with Crippen LogP contribution in [-0.4, -0.2) is 63.7 Å². The number of likely N-dealkylation sites (tertiary alicyclic amines) is 1. The minimum absolute atomic E-state index is 0.0358. The Balaban J connectivity index is 1.54. The maximum absolute atomic E-state index is 15.0. The average Bonchev–Trinajstić information content (AvgIpc) is 3.37.